The molecule has 2 rings (SSSR count). The predicted octanol–water partition coefficient (Wildman–Crippen LogP) is 3.34. The second kappa shape index (κ2) is 7.53. The molecule has 128 valence electrons. The maximum atomic E-state index is 11.8. The zero-order chi connectivity index (χ0) is 16.9. The summed E-state index contributed by atoms with van der Waals surface area (Å²) in [4.78, 5) is 16.0. The molecule has 0 bridgehead atoms. The van der Waals surface area contributed by atoms with Crippen LogP contribution >= 0.6 is 0 Å². The fourth-order valence-electron chi connectivity index (χ4n) is 2.74. The van der Waals surface area contributed by atoms with Gasteiger partial charge in [0.15, 0.2) is 0 Å². The number of amides is 1. The van der Waals surface area contributed by atoms with Crippen LogP contribution in [-0.2, 0) is 4.74 Å². The average molecular weight is 321 g/mol. The smallest absolute Gasteiger partial charge is 0.407 e. The molecule has 0 spiro atoms. The summed E-state index contributed by atoms with van der Waals surface area (Å²) in [5, 5.41) is 6.44. The van der Waals surface area contributed by atoms with E-state index in [-0.39, 0.29) is 12.1 Å². The fourth-order valence-corrected chi connectivity index (χ4v) is 2.74. The lowest BCUT2D eigenvalue weighted by Gasteiger charge is -2.31. The Labute approximate surface area is 138 Å². The Hall–Kier alpha value is -1.98. The molecule has 1 aromatic heterocycles. The van der Waals surface area contributed by atoms with E-state index in [2.05, 4.69) is 15.6 Å². The minimum absolute atomic E-state index is 0.179. The van der Waals surface area contributed by atoms with Crippen molar-refractivity contribution in [3.05, 3.63) is 18.3 Å². The van der Waals surface area contributed by atoms with Crippen molar-refractivity contribution in [1.29, 1.82) is 0 Å². The zero-order valence-corrected chi connectivity index (χ0v) is 14.4. The summed E-state index contributed by atoms with van der Waals surface area (Å²) in [5.41, 5.74) is 0.457. The van der Waals surface area contributed by atoms with Gasteiger partial charge in [0.05, 0.1) is 12.8 Å². The van der Waals surface area contributed by atoms with E-state index >= 15 is 0 Å². The molecule has 2 N–H and O–H groups in total. The maximum Gasteiger partial charge on any atom is 0.407 e. The molecule has 1 heterocycles. The molecule has 23 heavy (non-hydrogen) atoms. The van der Waals surface area contributed by atoms with Crippen LogP contribution in [0.4, 0.5) is 10.5 Å². The largest absolute Gasteiger partial charge is 0.480 e. The second-order valence-electron chi connectivity index (χ2n) is 6.90. The third-order valence-electron chi connectivity index (χ3n) is 3.77. The van der Waals surface area contributed by atoms with Crippen LogP contribution in [-0.4, -0.2) is 35.9 Å². The fraction of sp³-hybridized carbons (Fsp3) is 0.647. The number of rotatable bonds is 4. The Bertz CT molecular complexity index is 520. The molecule has 1 aliphatic carbocycles. The van der Waals surface area contributed by atoms with Crippen LogP contribution < -0.4 is 15.4 Å². The first-order valence-electron chi connectivity index (χ1n) is 8.12. The van der Waals surface area contributed by atoms with Crippen molar-refractivity contribution in [2.24, 2.45) is 0 Å². The quantitative estimate of drug-likeness (QED) is 0.890. The molecule has 0 saturated heterocycles. The minimum atomic E-state index is -0.459. The Morgan fingerprint density at radius 3 is 2.48 bits per heavy atom. The van der Waals surface area contributed by atoms with Crippen LogP contribution in [0.15, 0.2) is 18.3 Å². The number of pyridine rings is 1. The number of carbonyl (C=O) groups excluding carboxylic acids is 1. The van der Waals surface area contributed by atoms with Gasteiger partial charge >= 0.3 is 6.09 Å². The third kappa shape index (κ3) is 5.62. The first kappa shape index (κ1) is 17.4. The molecule has 1 amide bonds. The highest BCUT2D eigenvalue weighted by Gasteiger charge is 2.25. The lowest BCUT2D eigenvalue weighted by atomic mass is 9.91. The van der Waals surface area contributed by atoms with Crippen LogP contribution in [0.2, 0.25) is 0 Å². The summed E-state index contributed by atoms with van der Waals surface area (Å²) >= 11 is 0. The summed E-state index contributed by atoms with van der Waals surface area (Å²) in [7, 11) is 1.62. The van der Waals surface area contributed by atoms with Gasteiger partial charge in [-0.2, -0.15) is 0 Å². The van der Waals surface area contributed by atoms with Crippen molar-refractivity contribution >= 4 is 11.8 Å². The number of aromatic nitrogens is 1. The molecular formula is C17H27N3O3. The van der Waals surface area contributed by atoms with Crippen molar-refractivity contribution in [2.75, 3.05) is 12.4 Å². The van der Waals surface area contributed by atoms with Gasteiger partial charge in [0.1, 0.15) is 5.60 Å². The van der Waals surface area contributed by atoms with Crippen LogP contribution in [0, 0.1) is 0 Å². The Kier molecular flexibility index (Phi) is 5.69. The van der Waals surface area contributed by atoms with E-state index in [0.29, 0.717) is 11.9 Å². The number of nitrogens with one attached hydrogen (secondary N) is 2. The summed E-state index contributed by atoms with van der Waals surface area (Å²) < 4.78 is 10.6. The van der Waals surface area contributed by atoms with Crippen LogP contribution in [0.25, 0.3) is 0 Å². The van der Waals surface area contributed by atoms with Crippen LogP contribution in [0.1, 0.15) is 46.5 Å². The first-order valence-corrected chi connectivity index (χ1v) is 8.12. The molecule has 0 aliphatic heterocycles. The molecule has 0 unspecified atom stereocenters. The summed E-state index contributed by atoms with van der Waals surface area (Å²) in [6.45, 7) is 5.61. The monoisotopic (exact) mass is 321 g/mol. The lowest BCUT2D eigenvalue weighted by molar-refractivity contribution is 0.0492. The molecule has 1 fully saturated rings. The molecule has 6 heteroatoms. The van der Waals surface area contributed by atoms with Crippen molar-refractivity contribution in [1.82, 2.24) is 10.3 Å². The highest BCUT2D eigenvalue weighted by Crippen LogP contribution is 2.26. The summed E-state index contributed by atoms with van der Waals surface area (Å²) in [5.74, 6) is 0.613. The van der Waals surface area contributed by atoms with Crippen LogP contribution in [0.3, 0.4) is 0 Å². The van der Waals surface area contributed by atoms with Crippen molar-refractivity contribution < 1.29 is 14.3 Å². The van der Waals surface area contributed by atoms with E-state index < -0.39 is 5.60 Å². The molecule has 0 atom stereocenters. The van der Waals surface area contributed by atoms with Gasteiger partial charge < -0.3 is 20.1 Å². The van der Waals surface area contributed by atoms with E-state index in [9.17, 15) is 4.79 Å². The predicted molar refractivity (Wildman–Crippen MR) is 89.8 cm³/mol. The van der Waals surface area contributed by atoms with Gasteiger partial charge in [0, 0.05) is 18.3 Å². The van der Waals surface area contributed by atoms with Crippen molar-refractivity contribution in [3.8, 4) is 5.88 Å². The van der Waals surface area contributed by atoms with E-state index in [4.69, 9.17) is 9.47 Å². The van der Waals surface area contributed by atoms with Gasteiger partial charge in [-0.25, -0.2) is 9.78 Å². The molecular weight excluding hydrogens is 294 g/mol. The molecule has 6 nitrogen and oxygen atoms in total. The molecule has 1 aromatic rings. The standard InChI is InChI=1S/C17H27N3O3/c1-17(2,3)23-16(21)20-13-9-7-12(8-10-13)19-14-6-5-11-18-15(14)22-4/h5-6,11-13,19H,7-10H2,1-4H3,(H,20,21). The number of methoxy groups -OCH3 is 1. The van der Waals surface area contributed by atoms with Gasteiger partial charge in [-0.1, -0.05) is 0 Å². The van der Waals surface area contributed by atoms with E-state index in [0.717, 1.165) is 31.4 Å². The Balaban J connectivity index is 1.79. The number of hydrogen-bond donors (Lipinski definition) is 2. The molecule has 0 aromatic carbocycles. The van der Waals surface area contributed by atoms with E-state index in [1.807, 2.05) is 32.9 Å². The average Bonchev–Trinajstić information content (AvgIpc) is 2.48. The van der Waals surface area contributed by atoms with Crippen molar-refractivity contribution in [3.63, 3.8) is 0 Å². The molecule has 0 radical (unpaired) electrons. The normalized spacial score (nSPS) is 21.4. The van der Waals surface area contributed by atoms with Gasteiger partial charge in [-0.05, 0) is 58.6 Å². The Morgan fingerprint density at radius 2 is 1.87 bits per heavy atom. The number of alkyl carbamates (subject to hydrolysis) is 1. The number of ether oxygens (including phenoxy) is 2. The molecule has 1 aliphatic rings. The van der Waals surface area contributed by atoms with E-state index in [1.165, 1.54) is 0 Å². The van der Waals surface area contributed by atoms with Gasteiger partial charge in [-0.15, -0.1) is 0 Å². The highest BCUT2D eigenvalue weighted by molar-refractivity contribution is 5.68. The lowest BCUT2D eigenvalue weighted by Crippen LogP contribution is -2.42. The van der Waals surface area contributed by atoms with Crippen molar-refractivity contribution in [2.45, 2.75) is 64.1 Å². The van der Waals surface area contributed by atoms with E-state index in [1.54, 1.807) is 13.3 Å². The minimum Gasteiger partial charge on any atom is -0.480 e. The van der Waals surface area contributed by atoms with Gasteiger partial charge in [0.25, 0.3) is 0 Å². The van der Waals surface area contributed by atoms with Gasteiger partial charge in [-0.3, -0.25) is 0 Å². The second-order valence-corrected chi connectivity index (χ2v) is 6.90. The number of hydrogen-bond acceptors (Lipinski definition) is 5. The SMILES string of the molecule is COc1ncccc1NC1CCC(NC(=O)OC(C)(C)C)CC1. The van der Waals surface area contributed by atoms with Crippen LogP contribution in [0.5, 0.6) is 5.88 Å². The van der Waals surface area contributed by atoms with Gasteiger partial charge in [0.2, 0.25) is 5.88 Å². The number of carbonyl (C=O) groups is 1. The summed E-state index contributed by atoms with van der Waals surface area (Å²) in [6.07, 6.45) is 5.21. The highest BCUT2D eigenvalue weighted by atomic mass is 16.6. The Morgan fingerprint density at radius 1 is 1.22 bits per heavy atom. The molecule has 1 saturated carbocycles. The maximum absolute atomic E-state index is 11.8. The summed E-state index contributed by atoms with van der Waals surface area (Å²) in [6, 6.07) is 4.40. The third-order valence-corrected chi connectivity index (χ3v) is 3.77. The topological polar surface area (TPSA) is 72.5 Å². The zero-order valence-electron chi connectivity index (χ0n) is 14.4. The first-order chi connectivity index (χ1) is 10.9. The number of anilines is 1. The number of nitrogens with zero attached hydrogens (tertiary/aromatic N) is 1.